The molecule has 6 heteroatoms. The first-order valence-corrected chi connectivity index (χ1v) is 12.1. The lowest BCUT2D eigenvalue weighted by molar-refractivity contribution is -0.132. The minimum absolute atomic E-state index is 0.136. The fraction of sp³-hybridized carbons (Fsp3) is 0.357. The quantitative estimate of drug-likeness (QED) is 0.615. The number of nitrogens with one attached hydrogen (secondary N) is 1. The zero-order chi connectivity index (χ0) is 23.6. The molecule has 0 bridgehead atoms. The summed E-state index contributed by atoms with van der Waals surface area (Å²) in [5, 5.41) is 1.34. The van der Waals surface area contributed by atoms with Crippen molar-refractivity contribution in [1.82, 2.24) is 14.8 Å². The average Bonchev–Trinajstić information content (AvgIpc) is 3.20. The minimum atomic E-state index is -0.136. The number of hydrogen-bond donors (Lipinski definition) is 1. The summed E-state index contributed by atoms with van der Waals surface area (Å²) in [6.45, 7) is 6.07. The van der Waals surface area contributed by atoms with E-state index in [1.54, 1.807) is 0 Å². The molecule has 1 aromatic heterocycles. The number of amides is 2. The molecule has 3 aliphatic rings. The summed E-state index contributed by atoms with van der Waals surface area (Å²) < 4.78 is 0. The molecule has 2 aromatic carbocycles. The van der Waals surface area contributed by atoms with Gasteiger partial charge < -0.3 is 4.98 Å². The lowest BCUT2D eigenvalue weighted by Crippen LogP contribution is -2.56. The fourth-order valence-corrected chi connectivity index (χ4v) is 6.25. The van der Waals surface area contributed by atoms with Gasteiger partial charge in [0, 0.05) is 42.1 Å². The lowest BCUT2D eigenvalue weighted by atomic mass is 9.80. The Hall–Kier alpha value is -3.22. The van der Waals surface area contributed by atoms with Crippen LogP contribution in [-0.4, -0.2) is 65.9 Å². The highest BCUT2D eigenvalue weighted by atomic mass is 16.2. The number of aromatic amines is 1. The van der Waals surface area contributed by atoms with Gasteiger partial charge in [0.25, 0.3) is 0 Å². The Morgan fingerprint density at radius 2 is 1.71 bits per heavy atom. The van der Waals surface area contributed by atoms with E-state index in [1.165, 1.54) is 32.5 Å². The fourth-order valence-electron chi connectivity index (χ4n) is 6.25. The van der Waals surface area contributed by atoms with E-state index in [9.17, 15) is 9.59 Å². The Balaban J connectivity index is 1.25. The summed E-state index contributed by atoms with van der Waals surface area (Å²) in [7, 11) is 2.19. The molecule has 2 aliphatic heterocycles. The highest BCUT2D eigenvalue weighted by Gasteiger charge is 2.37. The molecule has 1 saturated heterocycles. The van der Waals surface area contributed by atoms with Gasteiger partial charge in [0.2, 0.25) is 11.8 Å². The van der Waals surface area contributed by atoms with E-state index in [2.05, 4.69) is 47.4 Å². The maximum Gasteiger partial charge on any atom is 0.248 e. The summed E-state index contributed by atoms with van der Waals surface area (Å²) in [5.41, 5.74) is 7.92. The first kappa shape index (κ1) is 21.3. The van der Waals surface area contributed by atoms with E-state index in [-0.39, 0.29) is 30.8 Å². The number of aromatic nitrogens is 1. The van der Waals surface area contributed by atoms with Crippen molar-refractivity contribution >= 4 is 34.0 Å². The van der Waals surface area contributed by atoms with Gasteiger partial charge >= 0.3 is 0 Å². The second-order valence-electron chi connectivity index (χ2n) is 10.1. The van der Waals surface area contributed by atoms with E-state index >= 15 is 0 Å². The van der Waals surface area contributed by atoms with E-state index in [4.69, 9.17) is 0 Å². The standard InChI is InChI=1S/C28H30N4O2/c1-17-6-4-7-18(2)28(17)32-25(33)15-31(16-26(32)34)14-19-10-22-21-8-5-9-23-27(21)20(12-29-23)11-24(22)30(3)13-19/h4-10,12,19,24,29H,11,13-16H2,1-3H3/t19-,24-/m1/s1. The van der Waals surface area contributed by atoms with Gasteiger partial charge in [-0.1, -0.05) is 36.4 Å². The maximum absolute atomic E-state index is 13.1. The Morgan fingerprint density at radius 3 is 2.44 bits per heavy atom. The summed E-state index contributed by atoms with van der Waals surface area (Å²) >= 11 is 0. The predicted octanol–water partition coefficient (Wildman–Crippen LogP) is 3.53. The van der Waals surface area contributed by atoms with Crippen LogP contribution < -0.4 is 4.90 Å². The molecule has 0 unspecified atom stereocenters. The molecule has 6 nitrogen and oxygen atoms in total. The van der Waals surface area contributed by atoms with E-state index < -0.39 is 0 Å². The van der Waals surface area contributed by atoms with Crippen LogP contribution in [0.15, 0.2) is 48.7 Å². The number of piperazine rings is 1. The van der Waals surface area contributed by atoms with Gasteiger partial charge in [-0.25, -0.2) is 4.90 Å². The third-order valence-corrected chi connectivity index (χ3v) is 7.71. The number of carbonyl (C=O) groups is 2. The van der Waals surface area contributed by atoms with E-state index in [1.807, 2.05) is 36.9 Å². The van der Waals surface area contributed by atoms with Gasteiger partial charge in [-0.05, 0) is 61.2 Å². The third kappa shape index (κ3) is 3.32. The lowest BCUT2D eigenvalue weighted by Gasteiger charge is -2.42. The van der Waals surface area contributed by atoms with Crippen molar-refractivity contribution in [3.05, 3.63) is 70.9 Å². The summed E-state index contributed by atoms with van der Waals surface area (Å²) in [5.74, 6) is -0.00942. The van der Waals surface area contributed by atoms with E-state index in [0.717, 1.165) is 29.8 Å². The third-order valence-electron chi connectivity index (χ3n) is 7.71. The molecule has 3 aromatic rings. The molecule has 1 N–H and O–H groups in total. The Bertz CT molecular complexity index is 1320. The molecule has 2 amide bonds. The van der Waals surface area contributed by atoms with Crippen molar-refractivity contribution in [3.63, 3.8) is 0 Å². The molecule has 0 radical (unpaired) electrons. The van der Waals surface area contributed by atoms with Crippen LogP contribution in [-0.2, 0) is 16.0 Å². The Kier molecular flexibility index (Phi) is 4.97. The molecule has 3 heterocycles. The maximum atomic E-state index is 13.1. The number of H-pyrrole nitrogens is 1. The first-order valence-electron chi connectivity index (χ1n) is 12.1. The van der Waals surface area contributed by atoms with Crippen LogP contribution in [0.3, 0.4) is 0 Å². The van der Waals surface area contributed by atoms with Crippen molar-refractivity contribution in [3.8, 4) is 0 Å². The molecule has 1 fully saturated rings. The predicted molar refractivity (Wildman–Crippen MR) is 135 cm³/mol. The average molecular weight is 455 g/mol. The van der Waals surface area contributed by atoms with Gasteiger partial charge in [0.05, 0.1) is 18.8 Å². The van der Waals surface area contributed by atoms with Crippen molar-refractivity contribution in [1.29, 1.82) is 0 Å². The van der Waals surface area contributed by atoms with Gasteiger partial charge in [0.1, 0.15) is 0 Å². The Morgan fingerprint density at radius 1 is 1.00 bits per heavy atom. The topological polar surface area (TPSA) is 59.7 Å². The monoisotopic (exact) mass is 454 g/mol. The number of anilines is 1. The molecular formula is C28H30N4O2. The molecule has 1 aliphatic carbocycles. The molecule has 34 heavy (non-hydrogen) atoms. The highest BCUT2D eigenvalue weighted by Crippen LogP contribution is 2.41. The molecule has 2 atom stereocenters. The number of para-hydroxylation sites is 1. The van der Waals surface area contributed by atoms with Gasteiger partial charge in [0.15, 0.2) is 0 Å². The SMILES string of the molecule is Cc1cccc(C)c1N1C(=O)CN(C[C@@H]2C=C3c4cccc5[nH]cc(c45)C[C@H]3N(C)C2)CC1=O. The number of carbonyl (C=O) groups excluding carboxylic acids is 2. The van der Waals surface area contributed by atoms with Crippen LogP contribution in [0, 0.1) is 19.8 Å². The van der Waals surface area contributed by atoms with Gasteiger partial charge in [-0.3, -0.25) is 19.4 Å². The molecule has 0 spiro atoms. The molecule has 174 valence electrons. The van der Waals surface area contributed by atoms with Crippen LogP contribution in [0.5, 0.6) is 0 Å². The van der Waals surface area contributed by atoms with Crippen LogP contribution in [0.2, 0.25) is 0 Å². The van der Waals surface area contributed by atoms with Gasteiger partial charge in [-0.15, -0.1) is 0 Å². The number of fused-ring (bicyclic) bond motifs is 2. The van der Waals surface area contributed by atoms with Crippen molar-refractivity contribution in [2.24, 2.45) is 5.92 Å². The highest BCUT2D eigenvalue weighted by molar-refractivity contribution is 6.18. The zero-order valence-electron chi connectivity index (χ0n) is 20.0. The number of aryl methyl sites for hydroxylation is 2. The van der Waals surface area contributed by atoms with Crippen molar-refractivity contribution in [2.75, 3.05) is 38.1 Å². The largest absolute Gasteiger partial charge is 0.361 e. The number of imide groups is 1. The number of nitrogens with zero attached hydrogens (tertiary/aromatic N) is 3. The Labute approximate surface area is 199 Å². The molecule has 6 rings (SSSR count). The summed E-state index contributed by atoms with van der Waals surface area (Å²) in [4.78, 5) is 35.5. The van der Waals surface area contributed by atoms with Crippen LogP contribution in [0.4, 0.5) is 5.69 Å². The molecule has 0 saturated carbocycles. The minimum Gasteiger partial charge on any atom is -0.361 e. The summed E-state index contributed by atoms with van der Waals surface area (Å²) in [6.07, 6.45) is 5.57. The molecular weight excluding hydrogens is 424 g/mol. The van der Waals surface area contributed by atoms with E-state index in [0.29, 0.717) is 12.6 Å². The first-order chi connectivity index (χ1) is 16.4. The van der Waals surface area contributed by atoms with Crippen LogP contribution in [0.25, 0.3) is 16.5 Å². The van der Waals surface area contributed by atoms with Crippen molar-refractivity contribution < 1.29 is 9.59 Å². The van der Waals surface area contributed by atoms with Crippen molar-refractivity contribution in [2.45, 2.75) is 26.3 Å². The second-order valence-corrected chi connectivity index (χ2v) is 10.1. The number of likely N-dealkylation sites (N-methyl/N-ethyl adjacent to an activating group) is 1. The smallest absolute Gasteiger partial charge is 0.248 e. The number of rotatable bonds is 3. The zero-order valence-corrected chi connectivity index (χ0v) is 20.0. The number of benzene rings is 2. The van der Waals surface area contributed by atoms with Gasteiger partial charge in [-0.2, -0.15) is 0 Å². The normalized spacial score (nSPS) is 23.4. The van der Waals surface area contributed by atoms with Crippen LogP contribution >= 0.6 is 0 Å². The second kappa shape index (κ2) is 7.93. The number of hydrogen-bond acceptors (Lipinski definition) is 4. The summed E-state index contributed by atoms with van der Waals surface area (Å²) in [6, 6.07) is 12.7. The van der Waals surface area contributed by atoms with Crippen LogP contribution in [0.1, 0.15) is 22.3 Å².